The van der Waals surface area contributed by atoms with Crippen molar-refractivity contribution in [2.45, 2.75) is 51.0 Å². The maximum Gasteiger partial charge on any atom is 0.0399 e. The van der Waals surface area contributed by atoms with Crippen LogP contribution >= 0.6 is 0 Å². The number of anilines is 1. The number of hydrogen-bond donors (Lipinski definition) is 1. The Labute approximate surface area is 117 Å². The van der Waals surface area contributed by atoms with Gasteiger partial charge in [0.25, 0.3) is 0 Å². The summed E-state index contributed by atoms with van der Waals surface area (Å²) in [6, 6.07) is 8.98. The van der Waals surface area contributed by atoms with E-state index in [0.717, 1.165) is 0 Å². The first-order chi connectivity index (χ1) is 9.33. The van der Waals surface area contributed by atoms with Crippen LogP contribution in [0.3, 0.4) is 0 Å². The van der Waals surface area contributed by atoms with Gasteiger partial charge in [-0.25, -0.2) is 0 Å². The fourth-order valence-electron chi connectivity index (χ4n) is 3.92. The zero-order valence-corrected chi connectivity index (χ0v) is 12.1. The maximum atomic E-state index is 3.81. The highest BCUT2D eigenvalue weighted by atomic mass is 15.2. The van der Waals surface area contributed by atoms with E-state index in [4.69, 9.17) is 0 Å². The van der Waals surface area contributed by atoms with Gasteiger partial charge in [-0.2, -0.15) is 0 Å². The Hall–Kier alpha value is -1.02. The van der Waals surface area contributed by atoms with E-state index in [-0.39, 0.29) is 0 Å². The molecule has 2 heterocycles. The molecule has 0 radical (unpaired) electrons. The van der Waals surface area contributed by atoms with Crippen LogP contribution in [0.4, 0.5) is 5.69 Å². The molecule has 0 saturated carbocycles. The van der Waals surface area contributed by atoms with Crippen molar-refractivity contribution >= 4 is 5.69 Å². The third kappa shape index (κ3) is 2.64. The second-order valence-corrected chi connectivity index (χ2v) is 6.21. The first-order valence-corrected chi connectivity index (χ1v) is 7.91. The third-order valence-electron chi connectivity index (χ3n) is 4.76. The standard InChI is InChI=1S/C17H26N2/c1-2-10-17(11-6-12-18-17)14-19-13-5-8-15-7-3-4-9-16(15)19/h3-4,7,9,18H,2,5-6,8,10-14H2,1H3. The zero-order chi connectivity index (χ0) is 13.1. The lowest BCUT2D eigenvalue weighted by Crippen LogP contribution is -2.51. The fourth-order valence-corrected chi connectivity index (χ4v) is 3.92. The SMILES string of the molecule is CCCC1(CN2CCCc3ccccc32)CCCN1. The molecule has 2 aliphatic heterocycles. The summed E-state index contributed by atoms with van der Waals surface area (Å²) in [6.07, 6.45) is 7.84. The Balaban J connectivity index is 1.80. The van der Waals surface area contributed by atoms with Crippen LogP contribution in [0.2, 0.25) is 0 Å². The highest BCUT2D eigenvalue weighted by Crippen LogP contribution is 2.32. The molecule has 1 fully saturated rings. The van der Waals surface area contributed by atoms with E-state index >= 15 is 0 Å². The molecule has 1 saturated heterocycles. The minimum atomic E-state index is 0.374. The van der Waals surface area contributed by atoms with Gasteiger partial charge in [0.05, 0.1) is 0 Å². The Kier molecular flexibility index (Phi) is 3.79. The van der Waals surface area contributed by atoms with E-state index in [0.29, 0.717) is 5.54 Å². The molecule has 1 unspecified atom stereocenters. The Morgan fingerprint density at radius 2 is 2.16 bits per heavy atom. The number of nitrogens with one attached hydrogen (secondary N) is 1. The highest BCUT2D eigenvalue weighted by Gasteiger charge is 2.35. The Morgan fingerprint density at radius 3 is 2.95 bits per heavy atom. The quantitative estimate of drug-likeness (QED) is 0.891. The molecular formula is C17H26N2. The topological polar surface area (TPSA) is 15.3 Å². The predicted molar refractivity (Wildman–Crippen MR) is 81.9 cm³/mol. The van der Waals surface area contributed by atoms with Crippen molar-refractivity contribution in [3.63, 3.8) is 0 Å². The Bertz CT molecular complexity index is 421. The maximum absolute atomic E-state index is 3.81. The Morgan fingerprint density at radius 1 is 1.26 bits per heavy atom. The van der Waals surface area contributed by atoms with E-state index in [1.165, 1.54) is 63.8 Å². The second-order valence-electron chi connectivity index (χ2n) is 6.21. The van der Waals surface area contributed by atoms with Gasteiger partial charge in [-0.3, -0.25) is 0 Å². The third-order valence-corrected chi connectivity index (χ3v) is 4.76. The fraction of sp³-hybridized carbons (Fsp3) is 0.647. The number of para-hydroxylation sites is 1. The molecule has 2 aliphatic rings. The summed E-state index contributed by atoms with van der Waals surface area (Å²) in [5.41, 5.74) is 3.40. The first kappa shape index (κ1) is 13.0. The largest absolute Gasteiger partial charge is 0.369 e. The molecule has 3 rings (SSSR count). The molecule has 1 N–H and O–H groups in total. The molecule has 1 aromatic carbocycles. The number of aryl methyl sites for hydroxylation is 1. The van der Waals surface area contributed by atoms with E-state index in [1.807, 2.05) is 0 Å². The lowest BCUT2D eigenvalue weighted by molar-refractivity contribution is 0.342. The van der Waals surface area contributed by atoms with Crippen LogP contribution < -0.4 is 10.2 Å². The van der Waals surface area contributed by atoms with Gasteiger partial charge in [0.2, 0.25) is 0 Å². The van der Waals surface area contributed by atoms with Crippen LogP contribution in [0.5, 0.6) is 0 Å². The van der Waals surface area contributed by atoms with Crippen LogP contribution in [0.15, 0.2) is 24.3 Å². The van der Waals surface area contributed by atoms with Crippen molar-refractivity contribution in [2.75, 3.05) is 24.5 Å². The van der Waals surface area contributed by atoms with Gasteiger partial charge in [-0.15, -0.1) is 0 Å². The molecule has 19 heavy (non-hydrogen) atoms. The van der Waals surface area contributed by atoms with Crippen molar-refractivity contribution in [3.8, 4) is 0 Å². The molecule has 0 aliphatic carbocycles. The number of benzene rings is 1. The molecule has 0 bridgehead atoms. The summed E-state index contributed by atoms with van der Waals surface area (Å²) in [5.74, 6) is 0. The van der Waals surface area contributed by atoms with Crippen molar-refractivity contribution in [1.29, 1.82) is 0 Å². The molecular weight excluding hydrogens is 232 g/mol. The lowest BCUT2D eigenvalue weighted by Gasteiger charge is -2.39. The monoisotopic (exact) mass is 258 g/mol. The van der Waals surface area contributed by atoms with Crippen molar-refractivity contribution < 1.29 is 0 Å². The summed E-state index contributed by atoms with van der Waals surface area (Å²) in [7, 11) is 0. The van der Waals surface area contributed by atoms with E-state index in [9.17, 15) is 0 Å². The van der Waals surface area contributed by atoms with Gasteiger partial charge in [-0.05, 0) is 50.3 Å². The van der Waals surface area contributed by atoms with Crippen molar-refractivity contribution in [1.82, 2.24) is 5.32 Å². The number of nitrogens with zero attached hydrogens (tertiary/aromatic N) is 1. The zero-order valence-electron chi connectivity index (χ0n) is 12.1. The van der Waals surface area contributed by atoms with Gasteiger partial charge < -0.3 is 10.2 Å². The van der Waals surface area contributed by atoms with Crippen molar-refractivity contribution in [2.24, 2.45) is 0 Å². The minimum absolute atomic E-state index is 0.374. The molecule has 0 aromatic heterocycles. The van der Waals surface area contributed by atoms with Gasteiger partial charge in [0.1, 0.15) is 0 Å². The highest BCUT2D eigenvalue weighted by molar-refractivity contribution is 5.55. The van der Waals surface area contributed by atoms with E-state index < -0.39 is 0 Å². The van der Waals surface area contributed by atoms with Gasteiger partial charge in [-0.1, -0.05) is 31.5 Å². The smallest absolute Gasteiger partial charge is 0.0399 e. The first-order valence-electron chi connectivity index (χ1n) is 7.91. The molecule has 2 heteroatoms. The summed E-state index contributed by atoms with van der Waals surface area (Å²) in [5, 5.41) is 3.81. The number of fused-ring (bicyclic) bond motifs is 1. The second kappa shape index (κ2) is 5.54. The minimum Gasteiger partial charge on any atom is -0.369 e. The molecule has 2 nitrogen and oxygen atoms in total. The average Bonchev–Trinajstić information content (AvgIpc) is 2.88. The lowest BCUT2D eigenvalue weighted by atomic mass is 9.89. The van der Waals surface area contributed by atoms with Crippen LogP contribution in [-0.4, -0.2) is 25.2 Å². The molecule has 1 aromatic rings. The van der Waals surface area contributed by atoms with Crippen LogP contribution in [0.1, 0.15) is 44.6 Å². The summed E-state index contributed by atoms with van der Waals surface area (Å²) < 4.78 is 0. The average molecular weight is 258 g/mol. The number of rotatable bonds is 4. The summed E-state index contributed by atoms with van der Waals surface area (Å²) in [6.45, 7) is 5.93. The van der Waals surface area contributed by atoms with Gasteiger partial charge in [0.15, 0.2) is 0 Å². The van der Waals surface area contributed by atoms with Crippen LogP contribution in [-0.2, 0) is 6.42 Å². The molecule has 0 amide bonds. The summed E-state index contributed by atoms with van der Waals surface area (Å²) in [4.78, 5) is 2.63. The van der Waals surface area contributed by atoms with Gasteiger partial charge >= 0.3 is 0 Å². The predicted octanol–water partition coefficient (Wildman–Crippen LogP) is 3.36. The summed E-state index contributed by atoms with van der Waals surface area (Å²) >= 11 is 0. The molecule has 0 spiro atoms. The molecule has 1 atom stereocenters. The normalized spacial score (nSPS) is 26.5. The van der Waals surface area contributed by atoms with E-state index in [1.54, 1.807) is 5.56 Å². The molecule has 104 valence electrons. The van der Waals surface area contributed by atoms with Crippen LogP contribution in [0.25, 0.3) is 0 Å². The van der Waals surface area contributed by atoms with Crippen LogP contribution in [0, 0.1) is 0 Å². The van der Waals surface area contributed by atoms with Crippen molar-refractivity contribution in [3.05, 3.63) is 29.8 Å². The number of hydrogen-bond acceptors (Lipinski definition) is 2. The van der Waals surface area contributed by atoms with Gasteiger partial charge in [0, 0.05) is 24.3 Å². The van der Waals surface area contributed by atoms with E-state index in [2.05, 4.69) is 41.4 Å².